The number of sulfonamides is 1. The van der Waals surface area contributed by atoms with Crippen molar-refractivity contribution in [2.24, 2.45) is 0 Å². The largest absolute Gasteiger partial charge is 0.494 e. The molecule has 0 spiro atoms. The molecule has 1 saturated heterocycles. The molecule has 0 radical (unpaired) electrons. The molecule has 1 heterocycles. The van der Waals surface area contributed by atoms with Gasteiger partial charge in [0.15, 0.2) is 0 Å². The van der Waals surface area contributed by atoms with E-state index in [9.17, 15) is 8.42 Å². The summed E-state index contributed by atoms with van der Waals surface area (Å²) in [5, 5.41) is 3.16. The van der Waals surface area contributed by atoms with Gasteiger partial charge in [-0.25, -0.2) is 13.1 Å². The van der Waals surface area contributed by atoms with Gasteiger partial charge < -0.3 is 14.8 Å². The van der Waals surface area contributed by atoms with E-state index in [-0.39, 0.29) is 5.75 Å². The van der Waals surface area contributed by atoms with Crippen molar-refractivity contribution in [3.63, 3.8) is 0 Å². The first-order chi connectivity index (χ1) is 17.5. The van der Waals surface area contributed by atoms with E-state index in [0.29, 0.717) is 26.1 Å². The van der Waals surface area contributed by atoms with Crippen molar-refractivity contribution in [1.82, 2.24) is 9.62 Å². The van der Waals surface area contributed by atoms with Crippen LogP contribution in [0.4, 0.5) is 5.69 Å². The molecular formula is C28H43N3O4S. The lowest BCUT2D eigenvalue weighted by atomic mass is 10.1. The Labute approximate surface area is 217 Å². The van der Waals surface area contributed by atoms with Crippen LogP contribution in [0.15, 0.2) is 48.5 Å². The first kappa shape index (κ1) is 28.3. The Bertz CT molecular complexity index is 977. The Morgan fingerprint density at radius 2 is 1.61 bits per heavy atom. The third-order valence-electron chi connectivity index (χ3n) is 6.24. The van der Waals surface area contributed by atoms with E-state index in [0.717, 1.165) is 36.8 Å². The number of ether oxygens (including phenoxy) is 2. The molecule has 8 heteroatoms. The molecule has 7 nitrogen and oxygen atoms in total. The number of hydrogen-bond donors (Lipinski definition) is 2. The van der Waals surface area contributed by atoms with Gasteiger partial charge in [-0.2, -0.15) is 0 Å². The van der Waals surface area contributed by atoms with Gasteiger partial charge in [-0.05, 0) is 80.7 Å². The van der Waals surface area contributed by atoms with E-state index in [2.05, 4.69) is 34.0 Å². The van der Waals surface area contributed by atoms with Crippen molar-refractivity contribution in [2.75, 3.05) is 50.5 Å². The molecule has 0 atom stereocenters. The molecule has 0 bridgehead atoms. The second-order valence-corrected chi connectivity index (χ2v) is 11.3. The van der Waals surface area contributed by atoms with Gasteiger partial charge in [0, 0.05) is 25.3 Å². The van der Waals surface area contributed by atoms with Crippen LogP contribution in [0.1, 0.15) is 57.4 Å². The van der Waals surface area contributed by atoms with Gasteiger partial charge >= 0.3 is 0 Å². The van der Waals surface area contributed by atoms with Crippen LogP contribution in [-0.2, 0) is 16.6 Å². The molecule has 0 aliphatic carbocycles. The van der Waals surface area contributed by atoms with Crippen LogP contribution in [0.3, 0.4) is 0 Å². The Kier molecular flexibility index (Phi) is 12.4. The molecule has 0 saturated carbocycles. The minimum Gasteiger partial charge on any atom is -0.494 e. The molecule has 2 aromatic carbocycles. The third-order valence-corrected chi connectivity index (χ3v) is 7.62. The first-order valence-corrected chi connectivity index (χ1v) is 15.1. The van der Waals surface area contributed by atoms with Crippen LogP contribution in [0, 0.1) is 0 Å². The lowest BCUT2D eigenvalue weighted by Crippen LogP contribution is -2.31. The van der Waals surface area contributed by atoms with Gasteiger partial charge in [-0.1, -0.05) is 38.3 Å². The van der Waals surface area contributed by atoms with E-state index in [4.69, 9.17) is 9.47 Å². The van der Waals surface area contributed by atoms with Gasteiger partial charge in [-0.3, -0.25) is 4.90 Å². The number of likely N-dealkylation sites (tertiary alicyclic amines) is 1. The number of benzene rings is 2. The monoisotopic (exact) mass is 517 g/mol. The Morgan fingerprint density at radius 3 is 2.39 bits per heavy atom. The minimum absolute atomic E-state index is 0.0155. The van der Waals surface area contributed by atoms with Crippen LogP contribution >= 0.6 is 0 Å². The Hall–Kier alpha value is -2.29. The predicted molar refractivity (Wildman–Crippen MR) is 147 cm³/mol. The average Bonchev–Trinajstić information content (AvgIpc) is 2.88. The highest BCUT2D eigenvalue weighted by Crippen LogP contribution is 2.18. The van der Waals surface area contributed by atoms with Crippen LogP contribution in [0.5, 0.6) is 11.5 Å². The van der Waals surface area contributed by atoms with Crippen molar-refractivity contribution < 1.29 is 17.9 Å². The number of rotatable bonds is 17. The molecule has 1 fully saturated rings. The Balaban J connectivity index is 1.27. The molecule has 2 aromatic rings. The standard InChI is InChI=1S/C28H43N3O4S/c1-2-3-7-20-34-27-14-12-26(13-15-27)29-17-22-36(32,33)30-16-9-21-35-28-11-8-10-25(23-28)24-31-18-5-4-6-19-31/h8,10-15,23,29-30H,2-7,9,16-22,24H2,1H3. The number of nitrogens with zero attached hydrogens (tertiary/aromatic N) is 1. The number of unbranched alkanes of at least 4 members (excludes halogenated alkanes) is 2. The van der Waals surface area contributed by atoms with Gasteiger partial charge in [0.25, 0.3) is 0 Å². The smallest absolute Gasteiger partial charge is 0.213 e. The van der Waals surface area contributed by atoms with Crippen molar-refractivity contribution in [2.45, 2.75) is 58.4 Å². The summed E-state index contributed by atoms with van der Waals surface area (Å²) in [6.45, 7) is 7.36. The molecule has 2 N–H and O–H groups in total. The second kappa shape index (κ2) is 15.7. The fourth-order valence-electron chi connectivity index (χ4n) is 4.21. The lowest BCUT2D eigenvalue weighted by Gasteiger charge is -2.26. The second-order valence-electron chi connectivity index (χ2n) is 9.41. The van der Waals surface area contributed by atoms with Gasteiger partial charge in [0.1, 0.15) is 11.5 Å². The van der Waals surface area contributed by atoms with Crippen LogP contribution in [0.2, 0.25) is 0 Å². The van der Waals surface area contributed by atoms with Gasteiger partial charge in [0.05, 0.1) is 19.0 Å². The van der Waals surface area contributed by atoms with E-state index in [1.54, 1.807) is 0 Å². The molecule has 36 heavy (non-hydrogen) atoms. The molecule has 0 amide bonds. The molecule has 0 unspecified atom stereocenters. The molecule has 3 rings (SSSR count). The van der Waals surface area contributed by atoms with E-state index < -0.39 is 10.0 Å². The maximum atomic E-state index is 12.3. The molecule has 1 aliphatic heterocycles. The SMILES string of the molecule is CCCCCOc1ccc(NCCS(=O)(=O)NCCCOc2cccc(CN3CCCCC3)c2)cc1. The summed E-state index contributed by atoms with van der Waals surface area (Å²) in [7, 11) is -3.34. The highest BCUT2D eigenvalue weighted by Gasteiger charge is 2.11. The zero-order valence-electron chi connectivity index (χ0n) is 21.7. The Morgan fingerprint density at radius 1 is 0.861 bits per heavy atom. The van der Waals surface area contributed by atoms with Crippen molar-refractivity contribution in [3.8, 4) is 11.5 Å². The summed E-state index contributed by atoms with van der Waals surface area (Å²) in [4.78, 5) is 2.49. The van der Waals surface area contributed by atoms with Crippen molar-refractivity contribution in [3.05, 3.63) is 54.1 Å². The van der Waals surface area contributed by atoms with Crippen LogP contribution in [0.25, 0.3) is 0 Å². The summed E-state index contributed by atoms with van der Waals surface area (Å²) in [6, 6.07) is 15.9. The van der Waals surface area contributed by atoms with Gasteiger partial charge in [0.2, 0.25) is 10.0 Å². The van der Waals surface area contributed by atoms with Gasteiger partial charge in [-0.15, -0.1) is 0 Å². The average molecular weight is 518 g/mol. The predicted octanol–water partition coefficient (Wildman–Crippen LogP) is 5.04. The molecule has 1 aliphatic rings. The van der Waals surface area contributed by atoms with E-state index in [1.165, 1.54) is 50.8 Å². The van der Waals surface area contributed by atoms with E-state index in [1.807, 2.05) is 36.4 Å². The zero-order chi connectivity index (χ0) is 25.5. The van der Waals surface area contributed by atoms with E-state index >= 15 is 0 Å². The van der Waals surface area contributed by atoms with Crippen molar-refractivity contribution >= 4 is 15.7 Å². The normalized spacial score (nSPS) is 14.5. The maximum Gasteiger partial charge on any atom is 0.213 e. The fraction of sp³-hybridized carbons (Fsp3) is 0.571. The van der Waals surface area contributed by atoms with Crippen LogP contribution < -0.4 is 19.5 Å². The highest BCUT2D eigenvalue weighted by molar-refractivity contribution is 7.89. The lowest BCUT2D eigenvalue weighted by molar-refractivity contribution is 0.220. The third kappa shape index (κ3) is 11.2. The molecular weight excluding hydrogens is 474 g/mol. The topological polar surface area (TPSA) is 79.9 Å². The zero-order valence-corrected chi connectivity index (χ0v) is 22.5. The van der Waals surface area contributed by atoms with Crippen molar-refractivity contribution in [1.29, 1.82) is 0 Å². The fourth-order valence-corrected chi connectivity index (χ4v) is 5.18. The number of anilines is 1. The molecule has 0 aromatic heterocycles. The number of piperidine rings is 1. The summed E-state index contributed by atoms with van der Waals surface area (Å²) in [5.41, 5.74) is 2.14. The van der Waals surface area contributed by atoms with Crippen LogP contribution in [-0.4, -0.2) is 58.5 Å². The summed E-state index contributed by atoms with van der Waals surface area (Å²) < 4.78 is 38.8. The first-order valence-electron chi connectivity index (χ1n) is 13.4. The number of nitrogens with one attached hydrogen (secondary N) is 2. The summed E-state index contributed by atoms with van der Waals surface area (Å²) in [5.74, 6) is 1.69. The highest BCUT2D eigenvalue weighted by atomic mass is 32.2. The maximum absolute atomic E-state index is 12.3. The number of hydrogen-bond acceptors (Lipinski definition) is 6. The molecule has 200 valence electrons. The quantitative estimate of drug-likeness (QED) is 0.286. The minimum atomic E-state index is -3.34. The summed E-state index contributed by atoms with van der Waals surface area (Å²) >= 11 is 0. The summed E-state index contributed by atoms with van der Waals surface area (Å²) in [6.07, 6.45) is 7.91.